The average molecular weight is 399 g/mol. The molecule has 0 spiro atoms. The Hall–Kier alpha value is -2.09. The van der Waals surface area contributed by atoms with Crippen LogP contribution < -0.4 is 0 Å². The molecule has 0 fully saturated rings. The number of carboxylic acids is 1. The molecule has 3 rings (SSSR count). The van der Waals surface area contributed by atoms with Gasteiger partial charge in [-0.15, -0.1) is 0 Å². The molecular formula is C16H12Cl2N2O4S. The third-order valence-corrected chi connectivity index (χ3v) is 6.21. The predicted molar refractivity (Wildman–Crippen MR) is 94.0 cm³/mol. The molecule has 130 valence electrons. The Kier molecular flexibility index (Phi) is 4.49. The van der Waals surface area contributed by atoms with Gasteiger partial charge in [0.1, 0.15) is 16.6 Å². The van der Waals surface area contributed by atoms with E-state index in [9.17, 15) is 13.2 Å². The van der Waals surface area contributed by atoms with E-state index in [0.29, 0.717) is 21.6 Å². The minimum Gasteiger partial charge on any atom is -0.480 e. The first-order valence-electron chi connectivity index (χ1n) is 7.08. The molecule has 0 saturated carbocycles. The highest BCUT2D eigenvalue weighted by Crippen LogP contribution is 2.34. The third kappa shape index (κ3) is 3.10. The van der Waals surface area contributed by atoms with Crippen LogP contribution in [0.25, 0.3) is 10.9 Å². The summed E-state index contributed by atoms with van der Waals surface area (Å²) in [5.74, 6) is -1.09. The number of pyridine rings is 1. The second-order valence-electron chi connectivity index (χ2n) is 5.38. The van der Waals surface area contributed by atoms with Crippen LogP contribution in [0, 0.1) is 6.92 Å². The van der Waals surface area contributed by atoms with Crippen LogP contribution in [0.15, 0.2) is 46.3 Å². The zero-order chi connectivity index (χ0) is 18.4. The van der Waals surface area contributed by atoms with Crippen LogP contribution in [0.4, 0.5) is 0 Å². The van der Waals surface area contributed by atoms with Crippen molar-refractivity contribution in [1.29, 1.82) is 0 Å². The largest absolute Gasteiger partial charge is 0.480 e. The Bertz CT molecular complexity index is 1090. The van der Waals surface area contributed by atoms with Crippen LogP contribution in [-0.4, -0.2) is 29.0 Å². The minimum absolute atomic E-state index is 0.00960. The molecule has 0 bridgehead atoms. The molecule has 9 heteroatoms. The fraction of sp³-hybridized carbons (Fsp3) is 0.125. The summed E-state index contributed by atoms with van der Waals surface area (Å²) in [7, 11) is -3.90. The lowest BCUT2D eigenvalue weighted by Crippen LogP contribution is -2.11. The maximum absolute atomic E-state index is 13.1. The summed E-state index contributed by atoms with van der Waals surface area (Å²) in [5, 5.41) is 9.99. The summed E-state index contributed by atoms with van der Waals surface area (Å²) in [6.07, 6.45) is 1.37. The Balaban J connectivity index is 2.35. The molecule has 1 aromatic carbocycles. The summed E-state index contributed by atoms with van der Waals surface area (Å²) in [6.45, 7) is 1.17. The van der Waals surface area contributed by atoms with Gasteiger partial charge in [-0.1, -0.05) is 23.2 Å². The number of carbonyl (C=O) groups is 1. The van der Waals surface area contributed by atoms with Gasteiger partial charge in [0.25, 0.3) is 0 Å². The van der Waals surface area contributed by atoms with Crippen molar-refractivity contribution in [3.8, 4) is 0 Å². The molecule has 0 aliphatic carbocycles. The molecular weight excluding hydrogens is 387 g/mol. The molecule has 25 heavy (non-hydrogen) atoms. The van der Waals surface area contributed by atoms with Crippen LogP contribution in [0.1, 0.15) is 5.69 Å². The predicted octanol–water partition coefficient (Wildman–Crippen LogP) is 3.57. The van der Waals surface area contributed by atoms with Gasteiger partial charge in [0.15, 0.2) is 0 Å². The third-order valence-electron chi connectivity index (χ3n) is 3.80. The zero-order valence-electron chi connectivity index (χ0n) is 12.9. The van der Waals surface area contributed by atoms with Gasteiger partial charge in [-0.05, 0) is 37.3 Å². The normalized spacial score (nSPS) is 11.8. The van der Waals surface area contributed by atoms with Gasteiger partial charge in [0, 0.05) is 16.1 Å². The van der Waals surface area contributed by atoms with Gasteiger partial charge in [0.05, 0.1) is 16.6 Å². The van der Waals surface area contributed by atoms with E-state index in [2.05, 4.69) is 4.98 Å². The number of halogens is 2. The average Bonchev–Trinajstić information content (AvgIpc) is 2.79. The molecule has 6 nitrogen and oxygen atoms in total. The van der Waals surface area contributed by atoms with Crippen molar-refractivity contribution in [2.24, 2.45) is 0 Å². The second-order valence-corrected chi connectivity index (χ2v) is 8.09. The number of aromatic nitrogens is 2. The van der Waals surface area contributed by atoms with Gasteiger partial charge in [-0.25, -0.2) is 13.4 Å². The van der Waals surface area contributed by atoms with Gasteiger partial charge < -0.3 is 9.67 Å². The number of nitrogens with zero attached hydrogens (tertiary/aromatic N) is 2. The monoisotopic (exact) mass is 398 g/mol. The van der Waals surface area contributed by atoms with Crippen molar-refractivity contribution < 1.29 is 18.3 Å². The number of rotatable bonds is 4. The molecule has 0 saturated heterocycles. The Morgan fingerprint density at radius 2 is 1.88 bits per heavy atom. The summed E-state index contributed by atoms with van der Waals surface area (Å²) in [4.78, 5) is 15.2. The van der Waals surface area contributed by atoms with E-state index in [-0.39, 0.29) is 21.5 Å². The van der Waals surface area contributed by atoms with Crippen LogP contribution in [0.2, 0.25) is 10.2 Å². The van der Waals surface area contributed by atoms with E-state index >= 15 is 0 Å². The van der Waals surface area contributed by atoms with Crippen molar-refractivity contribution >= 4 is 49.9 Å². The zero-order valence-corrected chi connectivity index (χ0v) is 15.2. The lowest BCUT2D eigenvalue weighted by molar-refractivity contribution is -0.137. The summed E-state index contributed by atoms with van der Waals surface area (Å²) in [6, 6.07) is 7.19. The molecule has 0 unspecified atom stereocenters. The molecule has 0 atom stereocenters. The van der Waals surface area contributed by atoms with E-state index in [0.717, 1.165) is 0 Å². The number of benzene rings is 1. The quantitative estimate of drug-likeness (QED) is 0.678. The first-order chi connectivity index (χ1) is 11.7. The van der Waals surface area contributed by atoms with Gasteiger partial charge >= 0.3 is 5.97 Å². The highest BCUT2D eigenvalue weighted by atomic mass is 35.5. The number of fused-ring (bicyclic) bond motifs is 1. The van der Waals surface area contributed by atoms with Crippen molar-refractivity contribution in [2.75, 3.05) is 0 Å². The summed E-state index contributed by atoms with van der Waals surface area (Å²) in [5.41, 5.74) is 0.688. The molecule has 2 aromatic heterocycles. The SMILES string of the molecule is Cc1c(S(=O)(=O)c2ccc(Cl)cc2)c2cc(Cl)ncc2n1CC(=O)O. The van der Waals surface area contributed by atoms with Crippen molar-refractivity contribution in [2.45, 2.75) is 23.3 Å². The molecule has 3 aromatic rings. The van der Waals surface area contributed by atoms with Crippen LogP contribution in [0.3, 0.4) is 0 Å². The number of carboxylic acid groups (broad SMARTS) is 1. The first-order valence-corrected chi connectivity index (χ1v) is 9.32. The first kappa shape index (κ1) is 17.7. The Morgan fingerprint density at radius 3 is 2.48 bits per heavy atom. The van der Waals surface area contributed by atoms with Crippen molar-refractivity contribution in [3.63, 3.8) is 0 Å². The molecule has 0 aliphatic heterocycles. The minimum atomic E-state index is -3.90. The highest BCUT2D eigenvalue weighted by Gasteiger charge is 2.28. The standard InChI is InChI=1S/C16H12Cl2N2O4S/c1-9-16(25(23,24)11-4-2-10(17)3-5-11)12-6-14(18)19-7-13(12)20(9)8-15(21)22/h2-7H,8H2,1H3,(H,21,22). The number of aliphatic carboxylic acids is 1. The van der Waals surface area contributed by atoms with Gasteiger partial charge in [-0.3, -0.25) is 4.79 Å². The van der Waals surface area contributed by atoms with E-state index in [1.54, 1.807) is 6.92 Å². The van der Waals surface area contributed by atoms with E-state index in [1.807, 2.05) is 0 Å². The lowest BCUT2D eigenvalue weighted by Gasteiger charge is -2.07. The second kappa shape index (κ2) is 6.33. The van der Waals surface area contributed by atoms with Crippen molar-refractivity contribution in [3.05, 3.63) is 52.4 Å². The topological polar surface area (TPSA) is 89.3 Å². The Labute approximate surface area is 153 Å². The number of sulfone groups is 1. The fourth-order valence-electron chi connectivity index (χ4n) is 2.73. The van der Waals surface area contributed by atoms with Crippen molar-refractivity contribution in [1.82, 2.24) is 9.55 Å². The van der Waals surface area contributed by atoms with Crippen LogP contribution in [0.5, 0.6) is 0 Å². The van der Waals surface area contributed by atoms with Crippen LogP contribution in [-0.2, 0) is 21.2 Å². The van der Waals surface area contributed by atoms with E-state index in [1.165, 1.54) is 41.1 Å². The van der Waals surface area contributed by atoms with Gasteiger partial charge in [0.2, 0.25) is 9.84 Å². The molecule has 0 radical (unpaired) electrons. The number of hydrogen-bond acceptors (Lipinski definition) is 4. The maximum atomic E-state index is 13.1. The number of hydrogen-bond donors (Lipinski definition) is 1. The summed E-state index contributed by atoms with van der Waals surface area (Å²) < 4.78 is 27.6. The lowest BCUT2D eigenvalue weighted by atomic mass is 10.3. The molecule has 0 aliphatic rings. The molecule has 1 N–H and O–H groups in total. The van der Waals surface area contributed by atoms with E-state index < -0.39 is 15.8 Å². The maximum Gasteiger partial charge on any atom is 0.323 e. The van der Waals surface area contributed by atoms with Gasteiger partial charge in [-0.2, -0.15) is 0 Å². The molecule has 2 heterocycles. The Morgan fingerprint density at radius 1 is 1.24 bits per heavy atom. The van der Waals surface area contributed by atoms with Crippen LogP contribution >= 0.6 is 23.2 Å². The smallest absolute Gasteiger partial charge is 0.323 e. The van der Waals surface area contributed by atoms with E-state index in [4.69, 9.17) is 28.3 Å². The highest BCUT2D eigenvalue weighted by molar-refractivity contribution is 7.91. The molecule has 0 amide bonds. The fourth-order valence-corrected chi connectivity index (χ4v) is 4.69. The summed E-state index contributed by atoms with van der Waals surface area (Å²) >= 11 is 11.8.